The van der Waals surface area contributed by atoms with E-state index in [9.17, 15) is 9.90 Å². The first kappa shape index (κ1) is 11.9. The molecule has 4 heteroatoms. The van der Waals surface area contributed by atoms with Gasteiger partial charge in [0.2, 0.25) is 0 Å². The molecule has 0 aromatic carbocycles. The van der Waals surface area contributed by atoms with Gasteiger partial charge in [-0.3, -0.25) is 9.69 Å². The molecule has 0 spiro atoms. The largest absolute Gasteiger partial charge is 0.480 e. The Bertz CT molecular complexity index is 251. The zero-order valence-corrected chi connectivity index (χ0v) is 9.98. The van der Waals surface area contributed by atoms with Crippen LogP contribution in [0.5, 0.6) is 0 Å². The van der Waals surface area contributed by atoms with E-state index in [2.05, 4.69) is 17.1 Å². The number of carboxylic acids is 1. The molecule has 16 heavy (non-hydrogen) atoms. The van der Waals surface area contributed by atoms with E-state index in [4.69, 9.17) is 0 Å². The van der Waals surface area contributed by atoms with Crippen molar-refractivity contribution in [3.8, 4) is 0 Å². The number of aliphatic carboxylic acids is 1. The molecule has 2 unspecified atom stereocenters. The van der Waals surface area contributed by atoms with Gasteiger partial charge in [-0.15, -0.1) is 0 Å². The number of carbonyl (C=O) groups is 1. The van der Waals surface area contributed by atoms with Gasteiger partial charge >= 0.3 is 5.97 Å². The second kappa shape index (κ2) is 5.15. The molecule has 0 bridgehead atoms. The van der Waals surface area contributed by atoms with Crippen LogP contribution in [-0.2, 0) is 4.79 Å². The Morgan fingerprint density at radius 2 is 2.00 bits per heavy atom. The first-order chi connectivity index (χ1) is 7.68. The monoisotopic (exact) mass is 226 g/mol. The van der Waals surface area contributed by atoms with Gasteiger partial charge in [0.15, 0.2) is 0 Å². The van der Waals surface area contributed by atoms with E-state index in [1.807, 2.05) is 0 Å². The fraction of sp³-hybridized carbons (Fsp3) is 0.917. The van der Waals surface area contributed by atoms with Crippen molar-refractivity contribution in [3.05, 3.63) is 0 Å². The molecule has 4 nitrogen and oxygen atoms in total. The van der Waals surface area contributed by atoms with Crippen molar-refractivity contribution >= 4 is 5.97 Å². The van der Waals surface area contributed by atoms with Crippen molar-refractivity contribution in [1.82, 2.24) is 10.2 Å². The van der Waals surface area contributed by atoms with Crippen LogP contribution in [0.3, 0.4) is 0 Å². The van der Waals surface area contributed by atoms with Crippen LogP contribution in [0.25, 0.3) is 0 Å². The molecule has 92 valence electrons. The maximum atomic E-state index is 11.3. The fourth-order valence-corrected chi connectivity index (χ4v) is 2.98. The predicted molar refractivity (Wildman–Crippen MR) is 62.4 cm³/mol. The molecule has 2 fully saturated rings. The van der Waals surface area contributed by atoms with E-state index in [0.29, 0.717) is 12.0 Å². The van der Waals surface area contributed by atoms with Crippen molar-refractivity contribution in [2.75, 3.05) is 19.6 Å². The van der Waals surface area contributed by atoms with E-state index >= 15 is 0 Å². The highest BCUT2D eigenvalue weighted by Crippen LogP contribution is 2.27. The Kier molecular flexibility index (Phi) is 3.82. The number of hydrogen-bond donors (Lipinski definition) is 2. The van der Waals surface area contributed by atoms with E-state index in [-0.39, 0.29) is 6.04 Å². The Balaban J connectivity index is 2.02. The van der Waals surface area contributed by atoms with Crippen molar-refractivity contribution < 1.29 is 9.90 Å². The van der Waals surface area contributed by atoms with Crippen LogP contribution in [-0.4, -0.2) is 47.7 Å². The van der Waals surface area contributed by atoms with Crippen LogP contribution < -0.4 is 5.32 Å². The maximum absolute atomic E-state index is 11.3. The molecule has 2 rings (SSSR count). The summed E-state index contributed by atoms with van der Waals surface area (Å²) in [5.74, 6) is -0.0795. The quantitative estimate of drug-likeness (QED) is 0.735. The third kappa shape index (κ3) is 2.55. The summed E-state index contributed by atoms with van der Waals surface area (Å²) in [6, 6.07) is 0.238. The van der Waals surface area contributed by atoms with Crippen LogP contribution in [0.2, 0.25) is 0 Å². The summed E-state index contributed by atoms with van der Waals surface area (Å²) in [5.41, 5.74) is 0. The number of likely N-dealkylation sites (tertiary alicyclic amines) is 1. The lowest BCUT2D eigenvalue weighted by atomic mass is 9.89. The van der Waals surface area contributed by atoms with Crippen molar-refractivity contribution in [2.45, 2.75) is 44.7 Å². The molecule has 2 saturated heterocycles. The summed E-state index contributed by atoms with van der Waals surface area (Å²) in [6.07, 6.45) is 4.16. The van der Waals surface area contributed by atoms with Gasteiger partial charge in [-0.05, 0) is 51.2 Å². The number of nitrogens with zero attached hydrogens (tertiary/aromatic N) is 1. The lowest BCUT2D eigenvalue weighted by molar-refractivity contribution is -0.147. The molecule has 0 aliphatic carbocycles. The molecule has 0 radical (unpaired) electrons. The Morgan fingerprint density at radius 3 is 2.62 bits per heavy atom. The SMILES string of the molecule is CC1CCN(C2CCNCC2)C(C(=O)O)C1. The number of piperidine rings is 2. The smallest absolute Gasteiger partial charge is 0.320 e. The summed E-state index contributed by atoms with van der Waals surface area (Å²) >= 11 is 0. The van der Waals surface area contributed by atoms with Crippen molar-refractivity contribution in [1.29, 1.82) is 0 Å². The number of nitrogens with one attached hydrogen (secondary N) is 1. The average Bonchev–Trinajstić information content (AvgIpc) is 2.30. The minimum Gasteiger partial charge on any atom is -0.480 e. The van der Waals surface area contributed by atoms with Crippen LogP contribution in [0.4, 0.5) is 0 Å². The Hall–Kier alpha value is -0.610. The molecule has 2 aliphatic heterocycles. The third-order valence-corrected chi connectivity index (χ3v) is 3.97. The number of rotatable bonds is 2. The summed E-state index contributed by atoms with van der Waals surface area (Å²) in [7, 11) is 0. The topological polar surface area (TPSA) is 52.6 Å². The molecule has 0 amide bonds. The van der Waals surface area contributed by atoms with Gasteiger partial charge in [-0.25, -0.2) is 0 Å². The summed E-state index contributed by atoms with van der Waals surface area (Å²) < 4.78 is 0. The van der Waals surface area contributed by atoms with Gasteiger partial charge in [-0.2, -0.15) is 0 Å². The molecular weight excluding hydrogens is 204 g/mol. The van der Waals surface area contributed by atoms with Gasteiger partial charge in [0, 0.05) is 6.04 Å². The molecule has 2 N–H and O–H groups in total. The highest BCUT2D eigenvalue weighted by Gasteiger charge is 2.36. The molecule has 0 aromatic rings. The number of hydrogen-bond acceptors (Lipinski definition) is 3. The molecule has 2 atom stereocenters. The van der Waals surface area contributed by atoms with E-state index in [1.165, 1.54) is 0 Å². The molecule has 0 saturated carbocycles. The van der Waals surface area contributed by atoms with Crippen LogP contribution >= 0.6 is 0 Å². The average molecular weight is 226 g/mol. The standard InChI is InChI=1S/C12H22N2O2/c1-9-4-7-14(11(8-9)12(15)16)10-2-5-13-6-3-10/h9-11,13H,2-8H2,1H3,(H,15,16). The highest BCUT2D eigenvalue weighted by atomic mass is 16.4. The molecule has 2 aliphatic rings. The van der Waals surface area contributed by atoms with Gasteiger partial charge in [0.05, 0.1) is 0 Å². The Morgan fingerprint density at radius 1 is 1.31 bits per heavy atom. The van der Waals surface area contributed by atoms with Crippen LogP contribution in [0.15, 0.2) is 0 Å². The highest BCUT2D eigenvalue weighted by molar-refractivity contribution is 5.73. The zero-order chi connectivity index (χ0) is 11.5. The van der Waals surface area contributed by atoms with Gasteiger partial charge in [0.1, 0.15) is 6.04 Å². The first-order valence-corrected chi connectivity index (χ1v) is 6.37. The van der Waals surface area contributed by atoms with Crippen molar-refractivity contribution in [3.63, 3.8) is 0 Å². The van der Waals surface area contributed by atoms with Crippen LogP contribution in [0, 0.1) is 5.92 Å². The first-order valence-electron chi connectivity index (χ1n) is 6.37. The van der Waals surface area contributed by atoms with Crippen LogP contribution in [0.1, 0.15) is 32.6 Å². The van der Waals surface area contributed by atoms with E-state index in [1.54, 1.807) is 0 Å². The Labute approximate surface area is 97.0 Å². The summed E-state index contributed by atoms with van der Waals surface area (Å²) in [5, 5.41) is 12.6. The second-order valence-corrected chi connectivity index (χ2v) is 5.20. The predicted octanol–water partition coefficient (Wildman–Crippen LogP) is 0.923. The fourth-order valence-electron chi connectivity index (χ4n) is 2.98. The minimum atomic E-state index is -0.634. The minimum absolute atomic E-state index is 0.244. The second-order valence-electron chi connectivity index (χ2n) is 5.20. The van der Waals surface area contributed by atoms with E-state index < -0.39 is 5.97 Å². The normalized spacial score (nSPS) is 33.8. The lowest BCUT2D eigenvalue weighted by Crippen LogP contribution is -2.54. The van der Waals surface area contributed by atoms with Gasteiger partial charge in [-0.1, -0.05) is 6.92 Å². The third-order valence-electron chi connectivity index (χ3n) is 3.97. The van der Waals surface area contributed by atoms with Crippen molar-refractivity contribution in [2.24, 2.45) is 5.92 Å². The summed E-state index contributed by atoms with van der Waals surface area (Å²) in [4.78, 5) is 13.5. The lowest BCUT2D eigenvalue weighted by Gasteiger charge is -2.42. The maximum Gasteiger partial charge on any atom is 0.320 e. The summed E-state index contributed by atoms with van der Waals surface area (Å²) in [6.45, 7) is 5.19. The number of carboxylic acid groups (broad SMARTS) is 1. The zero-order valence-electron chi connectivity index (χ0n) is 9.98. The van der Waals surface area contributed by atoms with Gasteiger partial charge in [0.25, 0.3) is 0 Å². The van der Waals surface area contributed by atoms with E-state index in [0.717, 1.165) is 45.3 Å². The van der Waals surface area contributed by atoms with Gasteiger partial charge < -0.3 is 10.4 Å². The molecule has 2 heterocycles. The molecular formula is C12H22N2O2. The molecule has 0 aromatic heterocycles.